The van der Waals surface area contributed by atoms with Gasteiger partial charge in [-0.15, -0.1) is 0 Å². The van der Waals surface area contributed by atoms with Crippen LogP contribution in [0.2, 0.25) is 0 Å². The van der Waals surface area contributed by atoms with E-state index in [9.17, 15) is 4.79 Å². The maximum Gasteiger partial charge on any atom is 0.234 e. The van der Waals surface area contributed by atoms with Crippen LogP contribution in [0.5, 0.6) is 0 Å². The highest BCUT2D eigenvalue weighted by molar-refractivity contribution is 5.78. The fourth-order valence-electron chi connectivity index (χ4n) is 3.38. The molecule has 1 saturated carbocycles. The van der Waals surface area contributed by atoms with Crippen molar-refractivity contribution in [3.05, 3.63) is 30.1 Å². The van der Waals surface area contributed by atoms with Crippen molar-refractivity contribution in [2.75, 3.05) is 27.3 Å². The molecule has 0 radical (unpaired) electrons. The number of carbonyl (C=O) groups excluding carboxylic acids is 1. The van der Waals surface area contributed by atoms with Gasteiger partial charge in [0.15, 0.2) is 0 Å². The summed E-state index contributed by atoms with van der Waals surface area (Å²) in [5.41, 5.74) is 0.931. The summed E-state index contributed by atoms with van der Waals surface area (Å²) < 4.78 is 5.33. The van der Waals surface area contributed by atoms with E-state index in [0.717, 1.165) is 18.5 Å². The minimum atomic E-state index is -0.0146. The topological polar surface area (TPSA) is 54.5 Å². The second kappa shape index (κ2) is 10.4. The summed E-state index contributed by atoms with van der Waals surface area (Å²) in [6.07, 6.45) is 10.4. The van der Waals surface area contributed by atoms with Crippen molar-refractivity contribution in [1.82, 2.24) is 15.2 Å². The molecule has 0 aliphatic heterocycles. The van der Waals surface area contributed by atoms with Gasteiger partial charge < -0.3 is 10.1 Å². The number of hydrogen-bond donors (Lipinski definition) is 1. The minimum Gasteiger partial charge on any atom is -0.383 e. The SMILES string of the molecule is COC[C@@H](c1ccccn1)N(C)CC(=O)NC1CCCCCCC1. The van der Waals surface area contributed by atoms with Crippen molar-refractivity contribution in [1.29, 1.82) is 0 Å². The van der Waals surface area contributed by atoms with Gasteiger partial charge in [-0.2, -0.15) is 0 Å². The van der Waals surface area contributed by atoms with Crippen LogP contribution in [0.4, 0.5) is 0 Å². The van der Waals surface area contributed by atoms with Gasteiger partial charge in [0.25, 0.3) is 0 Å². The van der Waals surface area contributed by atoms with E-state index in [1.165, 1.54) is 32.1 Å². The first-order valence-corrected chi connectivity index (χ1v) is 9.10. The number of ether oxygens (including phenoxy) is 1. The highest BCUT2D eigenvalue weighted by atomic mass is 16.5. The highest BCUT2D eigenvalue weighted by Crippen LogP contribution is 2.19. The number of carbonyl (C=O) groups is 1. The van der Waals surface area contributed by atoms with Crippen LogP contribution in [-0.4, -0.2) is 49.1 Å². The van der Waals surface area contributed by atoms with Crippen LogP contribution in [-0.2, 0) is 9.53 Å². The van der Waals surface area contributed by atoms with Gasteiger partial charge in [0.1, 0.15) is 0 Å². The predicted octanol–water partition coefficient (Wildman–Crippen LogP) is 2.93. The maximum absolute atomic E-state index is 12.4. The average Bonchev–Trinajstić information content (AvgIpc) is 2.55. The number of methoxy groups -OCH3 is 1. The number of aromatic nitrogens is 1. The van der Waals surface area contributed by atoms with Crippen LogP contribution in [0.3, 0.4) is 0 Å². The molecule has 0 unspecified atom stereocenters. The zero-order chi connectivity index (χ0) is 17.2. The maximum atomic E-state index is 12.4. The normalized spacial score (nSPS) is 18.0. The third-order valence-corrected chi connectivity index (χ3v) is 4.75. The number of pyridine rings is 1. The molecule has 1 aliphatic carbocycles. The second-order valence-electron chi connectivity index (χ2n) is 6.75. The third kappa shape index (κ3) is 6.21. The lowest BCUT2D eigenvalue weighted by molar-refractivity contribution is -0.123. The lowest BCUT2D eigenvalue weighted by Crippen LogP contribution is -2.43. The van der Waals surface area contributed by atoms with E-state index < -0.39 is 0 Å². The fourth-order valence-corrected chi connectivity index (χ4v) is 3.38. The Hall–Kier alpha value is -1.46. The smallest absolute Gasteiger partial charge is 0.234 e. The fraction of sp³-hybridized carbons (Fsp3) is 0.684. The first-order valence-electron chi connectivity index (χ1n) is 9.10. The van der Waals surface area contributed by atoms with Crippen molar-refractivity contribution in [3.8, 4) is 0 Å². The van der Waals surface area contributed by atoms with Crippen LogP contribution in [0.25, 0.3) is 0 Å². The molecule has 2 rings (SSSR count). The zero-order valence-electron chi connectivity index (χ0n) is 15.0. The Balaban J connectivity index is 1.88. The Morgan fingerprint density at radius 3 is 2.62 bits per heavy atom. The van der Waals surface area contributed by atoms with E-state index in [0.29, 0.717) is 19.2 Å². The monoisotopic (exact) mass is 333 g/mol. The van der Waals surface area contributed by atoms with Crippen LogP contribution in [0.1, 0.15) is 56.7 Å². The Morgan fingerprint density at radius 2 is 2.00 bits per heavy atom. The van der Waals surface area contributed by atoms with E-state index >= 15 is 0 Å². The lowest BCUT2D eigenvalue weighted by atomic mass is 9.97. The number of rotatable bonds is 7. The van der Waals surface area contributed by atoms with Gasteiger partial charge in [-0.3, -0.25) is 14.7 Å². The molecule has 0 spiro atoms. The first kappa shape index (κ1) is 18.9. The minimum absolute atomic E-state index is 0.0146. The van der Waals surface area contributed by atoms with E-state index in [2.05, 4.69) is 10.3 Å². The molecule has 5 nitrogen and oxygen atoms in total. The number of amides is 1. The van der Waals surface area contributed by atoms with Crippen molar-refractivity contribution in [2.45, 2.75) is 57.0 Å². The zero-order valence-corrected chi connectivity index (χ0v) is 15.0. The summed E-state index contributed by atoms with van der Waals surface area (Å²) in [7, 11) is 3.63. The van der Waals surface area contributed by atoms with Crippen molar-refractivity contribution < 1.29 is 9.53 Å². The summed E-state index contributed by atoms with van der Waals surface area (Å²) in [5, 5.41) is 3.22. The molecular weight excluding hydrogens is 302 g/mol. The Morgan fingerprint density at radius 1 is 1.29 bits per heavy atom. The van der Waals surface area contributed by atoms with Gasteiger partial charge in [-0.25, -0.2) is 0 Å². The summed E-state index contributed by atoms with van der Waals surface area (Å²) in [4.78, 5) is 18.9. The molecule has 1 aromatic rings. The van der Waals surface area contributed by atoms with E-state index in [1.807, 2.05) is 30.1 Å². The van der Waals surface area contributed by atoms with Crippen molar-refractivity contribution in [2.24, 2.45) is 0 Å². The number of hydrogen-bond acceptors (Lipinski definition) is 4. The molecule has 5 heteroatoms. The molecule has 0 bridgehead atoms. The molecule has 1 atom stereocenters. The van der Waals surface area contributed by atoms with Crippen LogP contribution < -0.4 is 5.32 Å². The molecule has 0 aromatic carbocycles. The predicted molar refractivity (Wildman–Crippen MR) is 95.7 cm³/mol. The van der Waals surface area contributed by atoms with E-state index in [-0.39, 0.29) is 11.9 Å². The largest absolute Gasteiger partial charge is 0.383 e. The molecule has 1 amide bonds. The summed E-state index contributed by atoms with van der Waals surface area (Å²) >= 11 is 0. The molecule has 1 aliphatic rings. The van der Waals surface area contributed by atoms with Gasteiger partial charge in [-0.1, -0.05) is 38.2 Å². The molecule has 1 heterocycles. The standard InChI is InChI=1S/C19H31N3O2/c1-22(18(15-24-2)17-12-8-9-13-20-17)14-19(23)21-16-10-6-4-3-5-7-11-16/h8-9,12-13,16,18H,3-7,10-11,14-15H2,1-2H3,(H,21,23)/t18-/m0/s1. The summed E-state index contributed by atoms with van der Waals surface area (Å²) in [6.45, 7) is 0.880. The molecular formula is C19H31N3O2. The van der Waals surface area contributed by atoms with Gasteiger partial charge in [-0.05, 0) is 32.0 Å². The van der Waals surface area contributed by atoms with Gasteiger partial charge in [0, 0.05) is 19.3 Å². The van der Waals surface area contributed by atoms with Gasteiger partial charge in [0.2, 0.25) is 5.91 Å². The van der Waals surface area contributed by atoms with Gasteiger partial charge in [0.05, 0.1) is 24.9 Å². The molecule has 24 heavy (non-hydrogen) atoms. The van der Waals surface area contributed by atoms with Crippen LogP contribution in [0.15, 0.2) is 24.4 Å². The highest BCUT2D eigenvalue weighted by Gasteiger charge is 2.21. The van der Waals surface area contributed by atoms with E-state index in [1.54, 1.807) is 13.3 Å². The van der Waals surface area contributed by atoms with Crippen molar-refractivity contribution in [3.63, 3.8) is 0 Å². The molecule has 134 valence electrons. The van der Waals surface area contributed by atoms with Crippen molar-refractivity contribution >= 4 is 5.91 Å². The Kier molecular flexibility index (Phi) is 8.19. The average molecular weight is 333 g/mol. The van der Waals surface area contributed by atoms with Gasteiger partial charge >= 0.3 is 0 Å². The number of likely N-dealkylation sites (N-methyl/N-ethyl adjacent to an activating group) is 1. The molecule has 1 N–H and O–H groups in total. The quantitative estimate of drug-likeness (QED) is 0.833. The summed E-state index contributed by atoms with van der Waals surface area (Å²) in [6, 6.07) is 6.16. The molecule has 0 saturated heterocycles. The summed E-state index contributed by atoms with van der Waals surface area (Å²) in [5.74, 6) is 0.0973. The second-order valence-corrected chi connectivity index (χ2v) is 6.75. The third-order valence-electron chi connectivity index (χ3n) is 4.75. The van der Waals surface area contributed by atoms with Crippen LogP contribution >= 0.6 is 0 Å². The Bertz CT molecular complexity index is 473. The van der Waals surface area contributed by atoms with E-state index in [4.69, 9.17) is 4.74 Å². The molecule has 1 fully saturated rings. The number of nitrogens with one attached hydrogen (secondary N) is 1. The molecule has 1 aromatic heterocycles. The number of nitrogens with zero attached hydrogens (tertiary/aromatic N) is 2. The Labute approximate surface area is 145 Å². The first-order chi connectivity index (χ1) is 11.7. The van der Waals surface area contributed by atoms with Crippen LogP contribution in [0, 0.1) is 0 Å². The lowest BCUT2D eigenvalue weighted by Gasteiger charge is -2.28.